The van der Waals surface area contributed by atoms with E-state index < -0.39 is 16.1 Å². The van der Waals surface area contributed by atoms with Crippen LogP contribution in [-0.2, 0) is 23.0 Å². The van der Waals surface area contributed by atoms with Gasteiger partial charge in [0.2, 0.25) is 10.0 Å². The van der Waals surface area contributed by atoms with Gasteiger partial charge in [0.1, 0.15) is 11.9 Å². The molecule has 2 heterocycles. The number of benzene rings is 1. The number of aryl methyl sites for hydroxylation is 1. The number of furan rings is 1. The van der Waals surface area contributed by atoms with Gasteiger partial charge in [-0.05, 0) is 36.2 Å². The molecule has 0 aliphatic rings. The van der Waals surface area contributed by atoms with Gasteiger partial charge in [-0.1, -0.05) is 30.3 Å². The van der Waals surface area contributed by atoms with Crippen LogP contribution < -0.4 is 4.72 Å². The minimum atomic E-state index is -3.36. The van der Waals surface area contributed by atoms with E-state index in [1.165, 1.54) is 17.6 Å². The molecule has 2 N–H and O–H groups in total. The lowest BCUT2D eigenvalue weighted by Gasteiger charge is -2.06. The van der Waals surface area contributed by atoms with Gasteiger partial charge in [-0.25, -0.2) is 13.1 Å². The summed E-state index contributed by atoms with van der Waals surface area (Å²) in [5.74, 6) is 0.515. The van der Waals surface area contributed by atoms with E-state index >= 15 is 0 Å². The molecule has 25 heavy (non-hydrogen) atoms. The Morgan fingerprint density at radius 1 is 1.08 bits per heavy atom. The number of rotatable bonds is 8. The molecule has 2 aromatic heterocycles. The van der Waals surface area contributed by atoms with Crippen LogP contribution in [0.25, 0.3) is 0 Å². The molecule has 0 fully saturated rings. The second kappa shape index (κ2) is 7.97. The molecular formula is C18H19NO4S2. The van der Waals surface area contributed by atoms with Gasteiger partial charge >= 0.3 is 0 Å². The molecule has 0 spiro atoms. The van der Waals surface area contributed by atoms with Crippen molar-refractivity contribution < 1.29 is 17.9 Å². The number of aliphatic hydroxyl groups is 1. The number of nitrogens with one attached hydrogen (secondary N) is 1. The van der Waals surface area contributed by atoms with Crippen molar-refractivity contribution in [2.24, 2.45) is 0 Å². The summed E-state index contributed by atoms with van der Waals surface area (Å²) in [4.78, 5) is 1.55. The molecule has 1 unspecified atom stereocenters. The van der Waals surface area contributed by atoms with Crippen molar-refractivity contribution in [1.82, 2.24) is 4.72 Å². The van der Waals surface area contributed by atoms with E-state index in [9.17, 15) is 13.5 Å². The quantitative estimate of drug-likeness (QED) is 0.632. The number of sulfonamides is 1. The van der Waals surface area contributed by atoms with Crippen molar-refractivity contribution in [3.05, 3.63) is 81.9 Å². The Balaban J connectivity index is 1.54. The predicted molar refractivity (Wildman–Crippen MR) is 97.9 cm³/mol. The number of aliphatic hydroxyl groups excluding tert-OH is 1. The van der Waals surface area contributed by atoms with Gasteiger partial charge in [0, 0.05) is 16.3 Å². The highest BCUT2D eigenvalue weighted by molar-refractivity contribution is 7.89. The lowest BCUT2D eigenvalue weighted by Crippen LogP contribution is -2.26. The third-order valence-corrected chi connectivity index (χ3v) is 6.20. The Bertz CT molecular complexity index is 886. The molecule has 7 heteroatoms. The van der Waals surface area contributed by atoms with Crippen LogP contribution in [0, 0.1) is 0 Å². The zero-order valence-corrected chi connectivity index (χ0v) is 15.1. The molecule has 132 valence electrons. The van der Waals surface area contributed by atoms with E-state index in [4.69, 9.17) is 4.42 Å². The Labute approximate surface area is 151 Å². The maximum Gasteiger partial charge on any atom is 0.212 e. The van der Waals surface area contributed by atoms with Gasteiger partial charge in [-0.15, -0.1) is 11.3 Å². The minimum Gasteiger partial charge on any atom is -0.466 e. The minimum absolute atomic E-state index is 0.0459. The van der Waals surface area contributed by atoms with Gasteiger partial charge < -0.3 is 9.52 Å². The first-order valence-electron chi connectivity index (χ1n) is 7.85. The Morgan fingerprint density at radius 3 is 2.60 bits per heavy atom. The molecule has 0 radical (unpaired) electrons. The smallest absolute Gasteiger partial charge is 0.212 e. The Kier molecular flexibility index (Phi) is 5.70. The summed E-state index contributed by atoms with van der Waals surface area (Å²) in [6, 6.07) is 16.5. The highest BCUT2D eigenvalue weighted by atomic mass is 32.2. The molecule has 0 bridgehead atoms. The van der Waals surface area contributed by atoms with Crippen molar-refractivity contribution in [3.63, 3.8) is 0 Å². The summed E-state index contributed by atoms with van der Waals surface area (Å²) in [6.45, 7) is 0.215. The normalized spacial score (nSPS) is 13.0. The van der Waals surface area contributed by atoms with Crippen molar-refractivity contribution in [2.45, 2.75) is 19.1 Å². The number of hydrogen-bond donors (Lipinski definition) is 2. The molecule has 0 aliphatic heterocycles. The average Bonchev–Trinajstić information content (AvgIpc) is 3.31. The van der Waals surface area contributed by atoms with Crippen LogP contribution in [0.4, 0.5) is 0 Å². The fourth-order valence-corrected chi connectivity index (χ4v) is 4.44. The summed E-state index contributed by atoms with van der Waals surface area (Å²) < 4.78 is 32.1. The summed E-state index contributed by atoms with van der Waals surface area (Å²) in [6.07, 6.45) is 1.15. The molecular weight excluding hydrogens is 358 g/mol. The summed E-state index contributed by atoms with van der Waals surface area (Å²) in [7, 11) is -3.36. The van der Waals surface area contributed by atoms with E-state index in [0.717, 1.165) is 10.4 Å². The summed E-state index contributed by atoms with van der Waals surface area (Å²) in [5, 5.41) is 10.2. The number of hydrogen-bond acceptors (Lipinski definition) is 5. The first-order valence-corrected chi connectivity index (χ1v) is 10.3. The Hall–Kier alpha value is -1.93. The zero-order chi connectivity index (χ0) is 17.7. The monoisotopic (exact) mass is 377 g/mol. The molecule has 5 nitrogen and oxygen atoms in total. The molecule has 1 atom stereocenters. The molecule has 0 saturated carbocycles. The van der Waals surface area contributed by atoms with Crippen LogP contribution in [0.15, 0.2) is 65.3 Å². The first kappa shape index (κ1) is 17.9. The molecule has 0 amide bonds. The van der Waals surface area contributed by atoms with Crippen molar-refractivity contribution >= 4 is 21.4 Å². The molecule has 3 aromatic rings. The van der Waals surface area contributed by atoms with Crippen LogP contribution in [0.5, 0.6) is 0 Å². The van der Waals surface area contributed by atoms with E-state index in [2.05, 4.69) is 4.72 Å². The van der Waals surface area contributed by atoms with Crippen LogP contribution in [0.2, 0.25) is 0 Å². The van der Waals surface area contributed by atoms with E-state index in [-0.39, 0.29) is 12.3 Å². The van der Waals surface area contributed by atoms with Crippen molar-refractivity contribution in [3.8, 4) is 0 Å². The third kappa shape index (κ3) is 5.02. The lowest BCUT2D eigenvalue weighted by molar-refractivity contribution is 0.193. The van der Waals surface area contributed by atoms with Crippen LogP contribution >= 0.6 is 11.3 Å². The topological polar surface area (TPSA) is 79.5 Å². The third-order valence-electron chi connectivity index (χ3n) is 3.73. The molecule has 0 aliphatic carbocycles. The van der Waals surface area contributed by atoms with E-state index in [1.807, 2.05) is 36.4 Å². The van der Waals surface area contributed by atoms with Gasteiger partial charge in [-0.2, -0.15) is 0 Å². The van der Waals surface area contributed by atoms with Gasteiger partial charge in [0.15, 0.2) is 0 Å². The van der Waals surface area contributed by atoms with Crippen LogP contribution in [0.1, 0.15) is 27.2 Å². The summed E-state index contributed by atoms with van der Waals surface area (Å²) in [5.41, 5.74) is 0.993. The zero-order valence-electron chi connectivity index (χ0n) is 13.5. The highest BCUT2D eigenvalue weighted by Crippen LogP contribution is 2.28. The second-order valence-electron chi connectivity index (χ2n) is 5.60. The largest absolute Gasteiger partial charge is 0.466 e. The number of thiophene rings is 1. The van der Waals surface area contributed by atoms with Gasteiger partial charge in [-0.3, -0.25) is 0 Å². The van der Waals surface area contributed by atoms with Crippen LogP contribution in [0.3, 0.4) is 0 Å². The van der Waals surface area contributed by atoms with Crippen LogP contribution in [-0.4, -0.2) is 19.3 Å². The van der Waals surface area contributed by atoms with Crippen molar-refractivity contribution in [1.29, 1.82) is 0 Å². The standard InChI is InChI=1S/C18H19NO4S2/c20-18(16-7-4-11-23-16)17-9-8-15(24-17)13-19-25(21,22)12-10-14-5-2-1-3-6-14/h1-9,11,18-20H,10,12-13H2. The van der Waals surface area contributed by atoms with Gasteiger partial charge in [0.05, 0.1) is 12.0 Å². The lowest BCUT2D eigenvalue weighted by atomic mass is 10.2. The molecule has 1 aromatic carbocycles. The SMILES string of the molecule is O=S(=O)(CCc1ccccc1)NCc1ccc(C(O)c2ccco2)s1. The fraction of sp³-hybridized carbons (Fsp3) is 0.222. The predicted octanol–water partition coefficient (Wildman–Crippen LogP) is 3.08. The highest BCUT2D eigenvalue weighted by Gasteiger charge is 2.16. The Morgan fingerprint density at radius 2 is 1.88 bits per heavy atom. The van der Waals surface area contributed by atoms with Crippen molar-refractivity contribution in [2.75, 3.05) is 5.75 Å². The van der Waals surface area contributed by atoms with Gasteiger partial charge in [0.25, 0.3) is 0 Å². The average molecular weight is 377 g/mol. The fourth-order valence-electron chi connectivity index (χ4n) is 2.37. The summed E-state index contributed by atoms with van der Waals surface area (Å²) >= 11 is 1.36. The van der Waals surface area contributed by atoms with E-state index in [0.29, 0.717) is 17.1 Å². The molecule has 0 saturated heterocycles. The second-order valence-corrected chi connectivity index (χ2v) is 8.72. The maximum absolute atomic E-state index is 12.1. The first-order chi connectivity index (χ1) is 12.0. The maximum atomic E-state index is 12.1. The molecule has 3 rings (SSSR count). The van der Waals surface area contributed by atoms with E-state index in [1.54, 1.807) is 18.2 Å².